The number of rotatable bonds is 2. The average molecular weight is 289 g/mol. The third-order valence-corrected chi connectivity index (χ3v) is 4.49. The first kappa shape index (κ1) is 13.3. The molecule has 1 aliphatic rings. The van der Waals surface area contributed by atoms with Crippen LogP contribution in [0, 0.1) is 0 Å². The lowest BCUT2D eigenvalue weighted by molar-refractivity contribution is 0.901. The van der Waals surface area contributed by atoms with E-state index in [9.17, 15) is 0 Å². The monoisotopic (exact) mass is 289 g/mol. The van der Waals surface area contributed by atoms with Gasteiger partial charge in [0.1, 0.15) is 5.82 Å². The summed E-state index contributed by atoms with van der Waals surface area (Å²) in [5, 5.41) is 1.22. The van der Waals surface area contributed by atoms with Gasteiger partial charge >= 0.3 is 0 Å². The highest BCUT2D eigenvalue weighted by molar-refractivity contribution is 5.94. The second-order valence-electron chi connectivity index (χ2n) is 5.91. The second-order valence-corrected chi connectivity index (χ2v) is 5.91. The number of nitrogens with two attached hydrogens (primary N) is 1. The maximum absolute atomic E-state index is 5.84. The molecule has 22 heavy (non-hydrogen) atoms. The summed E-state index contributed by atoms with van der Waals surface area (Å²) in [6.45, 7) is 2.11. The van der Waals surface area contributed by atoms with Crippen LogP contribution in [0.15, 0.2) is 36.4 Å². The normalized spacial score (nSPS) is 13.5. The van der Waals surface area contributed by atoms with Crippen molar-refractivity contribution in [2.24, 2.45) is 0 Å². The average Bonchev–Trinajstić information content (AvgIpc) is 2.99. The van der Waals surface area contributed by atoms with Crippen molar-refractivity contribution in [3.05, 3.63) is 53.3 Å². The van der Waals surface area contributed by atoms with Gasteiger partial charge in [0.05, 0.1) is 11.2 Å². The number of aromatic nitrogens is 2. The van der Waals surface area contributed by atoms with Crippen LogP contribution in [0.4, 0.5) is 5.82 Å². The Labute approximate surface area is 130 Å². The zero-order valence-corrected chi connectivity index (χ0v) is 12.8. The van der Waals surface area contributed by atoms with Gasteiger partial charge in [0.25, 0.3) is 0 Å². The van der Waals surface area contributed by atoms with E-state index in [2.05, 4.69) is 42.2 Å². The van der Waals surface area contributed by atoms with Crippen LogP contribution in [0.3, 0.4) is 0 Å². The summed E-state index contributed by atoms with van der Waals surface area (Å²) in [5.74, 6) is 0.578. The summed E-state index contributed by atoms with van der Waals surface area (Å²) in [6.07, 6.45) is 4.34. The van der Waals surface area contributed by atoms with Crippen LogP contribution in [-0.2, 0) is 19.3 Å². The molecule has 0 fully saturated rings. The van der Waals surface area contributed by atoms with Gasteiger partial charge in [-0.1, -0.05) is 25.1 Å². The van der Waals surface area contributed by atoms with Crippen molar-refractivity contribution in [3.63, 3.8) is 0 Å². The molecule has 1 aliphatic carbocycles. The molecular weight excluding hydrogens is 270 g/mol. The summed E-state index contributed by atoms with van der Waals surface area (Å²) in [6, 6.07) is 12.7. The number of benzene rings is 1. The quantitative estimate of drug-likeness (QED) is 0.777. The van der Waals surface area contributed by atoms with Gasteiger partial charge in [-0.15, -0.1) is 0 Å². The molecule has 0 saturated heterocycles. The second kappa shape index (κ2) is 5.09. The molecule has 4 rings (SSSR count). The van der Waals surface area contributed by atoms with Crippen LogP contribution < -0.4 is 5.73 Å². The highest BCUT2D eigenvalue weighted by atomic mass is 14.8. The maximum Gasteiger partial charge on any atom is 0.123 e. The Balaban J connectivity index is 1.99. The minimum atomic E-state index is 0.578. The molecule has 3 heteroatoms. The van der Waals surface area contributed by atoms with Gasteiger partial charge in [0.15, 0.2) is 0 Å². The lowest BCUT2D eigenvalue weighted by atomic mass is 9.98. The van der Waals surface area contributed by atoms with Crippen LogP contribution in [0.1, 0.15) is 30.3 Å². The Hall–Kier alpha value is -2.42. The number of para-hydroxylation sites is 1. The largest absolute Gasteiger partial charge is 0.384 e. The van der Waals surface area contributed by atoms with Crippen molar-refractivity contribution in [2.75, 3.05) is 5.73 Å². The van der Waals surface area contributed by atoms with Gasteiger partial charge in [-0.25, -0.2) is 4.98 Å². The molecule has 3 nitrogen and oxygen atoms in total. The predicted octanol–water partition coefficient (Wildman–Crippen LogP) is 3.93. The van der Waals surface area contributed by atoms with Crippen molar-refractivity contribution in [1.29, 1.82) is 0 Å². The van der Waals surface area contributed by atoms with Gasteiger partial charge in [-0.05, 0) is 49.4 Å². The Bertz CT molecular complexity index is 868. The molecule has 0 unspecified atom stereocenters. The SMILES string of the molecule is CCc1nc(N)ccc1-c1cccc2cc3c(nc12)CCC3. The van der Waals surface area contributed by atoms with E-state index in [1.165, 1.54) is 23.1 Å². The predicted molar refractivity (Wildman–Crippen MR) is 90.8 cm³/mol. The third-order valence-electron chi connectivity index (χ3n) is 4.49. The summed E-state index contributed by atoms with van der Waals surface area (Å²) in [5.41, 5.74) is 13.0. The Morgan fingerprint density at radius 3 is 2.82 bits per heavy atom. The fourth-order valence-electron chi connectivity index (χ4n) is 3.41. The fourth-order valence-corrected chi connectivity index (χ4v) is 3.41. The molecule has 1 aromatic carbocycles. The molecule has 0 amide bonds. The lowest BCUT2D eigenvalue weighted by Crippen LogP contribution is -1.99. The molecule has 2 aromatic heterocycles. The first-order valence-corrected chi connectivity index (χ1v) is 7.93. The molecule has 0 radical (unpaired) electrons. The summed E-state index contributed by atoms with van der Waals surface area (Å²) < 4.78 is 0. The standard InChI is InChI=1S/C19H19N3/c1-2-16-14(9-10-18(20)21-16)15-7-3-6-13-11-12-5-4-8-17(12)22-19(13)15/h3,6-7,9-11H,2,4-5,8H2,1H3,(H2,20,21). The molecule has 2 N–H and O–H groups in total. The minimum Gasteiger partial charge on any atom is -0.384 e. The zero-order valence-electron chi connectivity index (χ0n) is 12.8. The zero-order chi connectivity index (χ0) is 15.1. The van der Waals surface area contributed by atoms with E-state index in [1.807, 2.05) is 6.07 Å². The van der Waals surface area contributed by atoms with E-state index in [1.54, 1.807) is 0 Å². The molecule has 2 heterocycles. The number of nitrogens with zero attached hydrogens (tertiary/aromatic N) is 2. The van der Waals surface area contributed by atoms with Crippen LogP contribution >= 0.6 is 0 Å². The lowest BCUT2D eigenvalue weighted by Gasteiger charge is -2.12. The van der Waals surface area contributed by atoms with Crippen molar-refractivity contribution < 1.29 is 0 Å². The molecule has 0 spiro atoms. The smallest absolute Gasteiger partial charge is 0.123 e. The number of anilines is 1. The van der Waals surface area contributed by atoms with Crippen molar-refractivity contribution in [1.82, 2.24) is 9.97 Å². The Kier molecular flexibility index (Phi) is 3.07. The highest BCUT2D eigenvalue weighted by Gasteiger charge is 2.16. The molecule has 0 atom stereocenters. The van der Waals surface area contributed by atoms with E-state index in [0.717, 1.165) is 41.6 Å². The molecule has 0 bridgehead atoms. The van der Waals surface area contributed by atoms with Gasteiger partial charge in [-0.2, -0.15) is 0 Å². The fraction of sp³-hybridized carbons (Fsp3) is 0.263. The van der Waals surface area contributed by atoms with E-state index < -0.39 is 0 Å². The number of hydrogen-bond acceptors (Lipinski definition) is 3. The maximum atomic E-state index is 5.84. The minimum absolute atomic E-state index is 0.578. The van der Waals surface area contributed by atoms with E-state index in [4.69, 9.17) is 10.7 Å². The summed E-state index contributed by atoms with van der Waals surface area (Å²) in [4.78, 5) is 9.47. The number of aryl methyl sites for hydroxylation is 3. The van der Waals surface area contributed by atoms with Crippen molar-refractivity contribution in [3.8, 4) is 11.1 Å². The molecule has 3 aromatic rings. The summed E-state index contributed by atoms with van der Waals surface area (Å²) in [7, 11) is 0. The van der Waals surface area contributed by atoms with Crippen LogP contribution in [0.2, 0.25) is 0 Å². The van der Waals surface area contributed by atoms with E-state index in [0.29, 0.717) is 5.82 Å². The van der Waals surface area contributed by atoms with Crippen molar-refractivity contribution in [2.45, 2.75) is 32.6 Å². The molecule has 0 saturated carbocycles. The first-order chi connectivity index (χ1) is 10.8. The van der Waals surface area contributed by atoms with Gasteiger partial charge in [-0.3, -0.25) is 4.98 Å². The van der Waals surface area contributed by atoms with Gasteiger partial charge < -0.3 is 5.73 Å². The Morgan fingerprint density at radius 1 is 1.05 bits per heavy atom. The molecular formula is C19H19N3. The molecule has 0 aliphatic heterocycles. The summed E-state index contributed by atoms with van der Waals surface area (Å²) >= 11 is 0. The third kappa shape index (κ3) is 2.05. The van der Waals surface area contributed by atoms with Gasteiger partial charge in [0, 0.05) is 22.2 Å². The van der Waals surface area contributed by atoms with Crippen LogP contribution in [0.5, 0.6) is 0 Å². The number of fused-ring (bicyclic) bond motifs is 2. The van der Waals surface area contributed by atoms with E-state index >= 15 is 0 Å². The number of hydrogen-bond donors (Lipinski definition) is 1. The number of nitrogen functional groups attached to an aromatic ring is 1. The number of pyridine rings is 2. The van der Waals surface area contributed by atoms with E-state index in [-0.39, 0.29) is 0 Å². The Morgan fingerprint density at radius 2 is 1.95 bits per heavy atom. The van der Waals surface area contributed by atoms with Crippen molar-refractivity contribution >= 4 is 16.7 Å². The topological polar surface area (TPSA) is 51.8 Å². The highest BCUT2D eigenvalue weighted by Crippen LogP contribution is 2.33. The van der Waals surface area contributed by atoms with Gasteiger partial charge in [0.2, 0.25) is 0 Å². The van der Waals surface area contributed by atoms with Crippen LogP contribution in [-0.4, -0.2) is 9.97 Å². The first-order valence-electron chi connectivity index (χ1n) is 7.93. The van der Waals surface area contributed by atoms with Crippen LogP contribution in [0.25, 0.3) is 22.0 Å². The molecule has 110 valence electrons.